The van der Waals surface area contributed by atoms with Gasteiger partial charge in [0.25, 0.3) is 0 Å². The van der Waals surface area contributed by atoms with Crippen LogP contribution in [-0.2, 0) is 7.05 Å². The molecule has 0 radical (unpaired) electrons. The van der Waals surface area contributed by atoms with E-state index in [0.717, 1.165) is 22.4 Å². The first-order valence-electron chi connectivity index (χ1n) is 5.49. The fourth-order valence-corrected chi connectivity index (χ4v) is 2.17. The zero-order chi connectivity index (χ0) is 12.7. The molecule has 2 aromatic heterocycles. The quantitative estimate of drug-likeness (QED) is 0.730. The molecule has 0 amide bonds. The van der Waals surface area contributed by atoms with Gasteiger partial charge < -0.3 is 10.3 Å². The fraction of sp³-hybridized carbons (Fsp3) is 0.0769. The molecule has 4 nitrogen and oxygen atoms in total. The number of hydrogen-bond donors (Lipinski definition) is 1. The van der Waals surface area contributed by atoms with E-state index >= 15 is 0 Å². The molecule has 0 aliphatic rings. The van der Waals surface area contributed by atoms with Gasteiger partial charge in [0.2, 0.25) is 0 Å². The summed E-state index contributed by atoms with van der Waals surface area (Å²) in [5.41, 5.74) is 8.54. The van der Waals surface area contributed by atoms with Crippen molar-refractivity contribution in [1.82, 2.24) is 14.5 Å². The maximum Gasteiger partial charge on any atom is 0.141 e. The minimum absolute atomic E-state index is 0.484. The Morgan fingerprint density at radius 1 is 1.22 bits per heavy atom. The number of aryl methyl sites for hydroxylation is 1. The third-order valence-electron chi connectivity index (χ3n) is 2.88. The molecule has 0 saturated carbocycles. The van der Waals surface area contributed by atoms with Gasteiger partial charge in [-0.15, -0.1) is 0 Å². The number of anilines is 1. The summed E-state index contributed by atoms with van der Waals surface area (Å²) < 4.78 is 2.00. The number of nitrogens with two attached hydrogens (primary N) is 1. The average Bonchev–Trinajstić information content (AvgIpc) is 2.67. The van der Waals surface area contributed by atoms with E-state index in [-0.39, 0.29) is 0 Å². The van der Waals surface area contributed by atoms with Crippen LogP contribution in [0.5, 0.6) is 0 Å². The van der Waals surface area contributed by atoms with Crippen molar-refractivity contribution in [3.63, 3.8) is 0 Å². The van der Waals surface area contributed by atoms with E-state index in [1.54, 1.807) is 6.20 Å². The molecule has 0 unspecified atom stereocenters. The van der Waals surface area contributed by atoms with Crippen LogP contribution in [0.1, 0.15) is 0 Å². The number of fused-ring (bicyclic) bond motifs is 1. The Balaban J connectivity index is 2.27. The van der Waals surface area contributed by atoms with Crippen LogP contribution < -0.4 is 5.73 Å². The van der Waals surface area contributed by atoms with Crippen LogP contribution in [0.4, 0.5) is 5.82 Å². The molecular weight excluding hydrogens is 248 g/mol. The number of rotatable bonds is 1. The minimum Gasteiger partial charge on any atom is -0.384 e. The Hall–Kier alpha value is -2.07. The van der Waals surface area contributed by atoms with E-state index in [9.17, 15) is 0 Å². The normalized spacial score (nSPS) is 11.0. The van der Waals surface area contributed by atoms with Gasteiger partial charge in [-0.05, 0) is 30.3 Å². The number of halogens is 1. The molecule has 0 aliphatic carbocycles. The van der Waals surface area contributed by atoms with Gasteiger partial charge in [-0.2, -0.15) is 0 Å². The monoisotopic (exact) mass is 258 g/mol. The predicted molar refractivity (Wildman–Crippen MR) is 73.4 cm³/mol. The highest BCUT2D eigenvalue weighted by atomic mass is 35.5. The van der Waals surface area contributed by atoms with Crippen LogP contribution in [-0.4, -0.2) is 14.5 Å². The predicted octanol–water partition coefficient (Wildman–Crippen LogP) is 2.87. The topological polar surface area (TPSA) is 56.7 Å². The smallest absolute Gasteiger partial charge is 0.141 e. The Morgan fingerprint density at radius 2 is 2.06 bits per heavy atom. The molecule has 3 aromatic rings. The van der Waals surface area contributed by atoms with Crippen molar-refractivity contribution < 1.29 is 0 Å². The van der Waals surface area contributed by atoms with Gasteiger partial charge in [-0.1, -0.05) is 11.6 Å². The lowest BCUT2D eigenvalue weighted by molar-refractivity contribution is 0.959. The molecule has 0 atom stereocenters. The zero-order valence-electron chi connectivity index (χ0n) is 9.76. The lowest BCUT2D eigenvalue weighted by Gasteiger charge is -2.02. The third kappa shape index (κ3) is 1.71. The standard InChI is InChI=1S/C13H11ClN4/c1-18-11-7-9(14)2-3-10(11)17-13(18)8-4-5-16-12(15)6-8/h2-7H,1H3,(H2,15,16). The van der Waals surface area contributed by atoms with Gasteiger partial charge in [0.15, 0.2) is 0 Å². The van der Waals surface area contributed by atoms with Crippen LogP contribution in [0.3, 0.4) is 0 Å². The molecule has 90 valence electrons. The van der Waals surface area contributed by atoms with E-state index in [2.05, 4.69) is 9.97 Å². The van der Waals surface area contributed by atoms with Crippen LogP contribution >= 0.6 is 11.6 Å². The van der Waals surface area contributed by atoms with Crippen LogP contribution in [0.25, 0.3) is 22.4 Å². The van der Waals surface area contributed by atoms with Gasteiger partial charge >= 0.3 is 0 Å². The summed E-state index contributed by atoms with van der Waals surface area (Å²) in [7, 11) is 1.96. The van der Waals surface area contributed by atoms with Gasteiger partial charge in [0.05, 0.1) is 11.0 Å². The SMILES string of the molecule is Cn1c(-c2ccnc(N)c2)nc2ccc(Cl)cc21. The molecule has 0 aliphatic heterocycles. The highest BCUT2D eigenvalue weighted by molar-refractivity contribution is 6.31. The van der Waals surface area contributed by atoms with Gasteiger partial charge in [0.1, 0.15) is 11.6 Å². The van der Waals surface area contributed by atoms with E-state index in [1.165, 1.54) is 0 Å². The van der Waals surface area contributed by atoms with Gasteiger partial charge in [-0.3, -0.25) is 0 Å². The summed E-state index contributed by atoms with van der Waals surface area (Å²) in [6.07, 6.45) is 1.68. The molecule has 1 aromatic carbocycles. The van der Waals surface area contributed by atoms with Crippen molar-refractivity contribution in [2.45, 2.75) is 0 Å². The summed E-state index contributed by atoms with van der Waals surface area (Å²) >= 11 is 6.00. The average molecular weight is 259 g/mol. The number of hydrogen-bond acceptors (Lipinski definition) is 3. The summed E-state index contributed by atoms with van der Waals surface area (Å²) in [5, 5.41) is 0.700. The zero-order valence-corrected chi connectivity index (χ0v) is 10.5. The number of pyridine rings is 1. The molecule has 18 heavy (non-hydrogen) atoms. The lowest BCUT2D eigenvalue weighted by atomic mass is 10.2. The molecule has 0 spiro atoms. The second kappa shape index (κ2) is 3.99. The molecule has 2 heterocycles. The maximum absolute atomic E-state index is 6.00. The molecular formula is C13H11ClN4. The summed E-state index contributed by atoms with van der Waals surface area (Å²) in [4.78, 5) is 8.57. The largest absolute Gasteiger partial charge is 0.384 e. The van der Waals surface area contributed by atoms with E-state index < -0.39 is 0 Å². The van der Waals surface area contributed by atoms with Crippen LogP contribution in [0.15, 0.2) is 36.5 Å². The summed E-state index contributed by atoms with van der Waals surface area (Å²) in [6, 6.07) is 9.34. The number of benzene rings is 1. The minimum atomic E-state index is 0.484. The molecule has 0 fully saturated rings. The molecule has 0 saturated heterocycles. The number of imidazole rings is 1. The number of nitrogen functional groups attached to an aromatic ring is 1. The Morgan fingerprint density at radius 3 is 2.83 bits per heavy atom. The first kappa shape index (κ1) is 11.0. The fourth-order valence-electron chi connectivity index (χ4n) is 2.01. The molecule has 5 heteroatoms. The Kier molecular flexibility index (Phi) is 2.45. The molecule has 0 bridgehead atoms. The molecule has 3 rings (SSSR count). The highest BCUT2D eigenvalue weighted by Crippen LogP contribution is 2.26. The van der Waals surface area contributed by atoms with Crippen molar-refractivity contribution in [3.05, 3.63) is 41.6 Å². The lowest BCUT2D eigenvalue weighted by Crippen LogP contribution is -1.95. The van der Waals surface area contributed by atoms with Crippen molar-refractivity contribution >= 4 is 28.5 Å². The van der Waals surface area contributed by atoms with E-state index in [0.29, 0.717) is 10.8 Å². The first-order chi connectivity index (χ1) is 8.65. The van der Waals surface area contributed by atoms with Gasteiger partial charge in [0, 0.05) is 23.8 Å². The number of nitrogens with zero attached hydrogens (tertiary/aromatic N) is 3. The summed E-state index contributed by atoms with van der Waals surface area (Å²) in [5.74, 6) is 1.33. The van der Waals surface area contributed by atoms with Gasteiger partial charge in [-0.25, -0.2) is 9.97 Å². The number of aromatic nitrogens is 3. The maximum atomic E-state index is 6.00. The third-order valence-corrected chi connectivity index (χ3v) is 3.12. The highest BCUT2D eigenvalue weighted by Gasteiger charge is 2.10. The van der Waals surface area contributed by atoms with E-state index in [4.69, 9.17) is 17.3 Å². The molecule has 2 N–H and O–H groups in total. The van der Waals surface area contributed by atoms with Crippen LogP contribution in [0.2, 0.25) is 5.02 Å². The van der Waals surface area contributed by atoms with Crippen molar-refractivity contribution in [2.24, 2.45) is 7.05 Å². The second-order valence-corrected chi connectivity index (χ2v) is 4.53. The Bertz CT molecular complexity index is 733. The second-order valence-electron chi connectivity index (χ2n) is 4.10. The van der Waals surface area contributed by atoms with Crippen molar-refractivity contribution in [3.8, 4) is 11.4 Å². The van der Waals surface area contributed by atoms with E-state index in [1.807, 2.05) is 41.9 Å². The first-order valence-corrected chi connectivity index (χ1v) is 5.87. The van der Waals surface area contributed by atoms with Crippen molar-refractivity contribution in [1.29, 1.82) is 0 Å². The van der Waals surface area contributed by atoms with Crippen molar-refractivity contribution in [2.75, 3.05) is 5.73 Å². The van der Waals surface area contributed by atoms with Crippen LogP contribution in [0, 0.1) is 0 Å². The Labute approximate surface area is 109 Å². The summed E-state index contributed by atoms with van der Waals surface area (Å²) in [6.45, 7) is 0.